The van der Waals surface area contributed by atoms with Crippen LogP contribution < -0.4 is 5.32 Å². The molecule has 1 heterocycles. The minimum Gasteiger partial charge on any atom is -0.350 e. The Bertz CT molecular complexity index is 1000. The van der Waals surface area contributed by atoms with Gasteiger partial charge in [-0.25, -0.2) is 4.68 Å². The number of carbonyl (C=O) groups excluding carboxylic acids is 1. The van der Waals surface area contributed by atoms with Gasteiger partial charge in [-0.2, -0.15) is 5.10 Å². The van der Waals surface area contributed by atoms with Gasteiger partial charge in [0.25, 0.3) is 5.91 Å². The number of likely N-dealkylation sites (N-methyl/N-ethyl adjacent to an activating group) is 1. The van der Waals surface area contributed by atoms with E-state index in [1.165, 1.54) is 5.56 Å². The van der Waals surface area contributed by atoms with Gasteiger partial charge >= 0.3 is 0 Å². The third-order valence-corrected chi connectivity index (χ3v) is 5.87. The number of benzene rings is 2. The van der Waals surface area contributed by atoms with Crippen molar-refractivity contribution in [2.24, 2.45) is 0 Å². The molecule has 1 amide bonds. The van der Waals surface area contributed by atoms with E-state index >= 15 is 0 Å². The van der Waals surface area contributed by atoms with Gasteiger partial charge in [0.2, 0.25) is 0 Å². The molecule has 1 atom stereocenters. The van der Waals surface area contributed by atoms with Crippen LogP contribution in [0.4, 0.5) is 0 Å². The van der Waals surface area contributed by atoms with Crippen molar-refractivity contribution in [3.8, 4) is 0 Å². The van der Waals surface area contributed by atoms with Gasteiger partial charge in [-0.1, -0.05) is 71.7 Å². The van der Waals surface area contributed by atoms with Crippen molar-refractivity contribution in [1.29, 1.82) is 0 Å². The topological polar surface area (TPSA) is 50.2 Å². The van der Waals surface area contributed by atoms with Crippen LogP contribution in [-0.4, -0.2) is 47.3 Å². The normalized spacial score (nSPS) is 12.2. The van der Waals surface area contributed by atoms with Gasteiger partial charge in [0.15, 0.2) is 0 Å². The Morgan fingerprint density at radius 1 is 1.10 bits per heavy atom. The van der Waals surface area contributed by atoms with Crippen molar-refractivity contribution in [2.45, 2.75) is 25.9 Å². The van der Waals surface area contributed by atoms with Crippen LogP contribution in [0.25, 0.3) is 0 Å². The molecule has 0 radical (unpaired) electrons. The quantitative estimate of drug-likeness (QED) is 0.558. The van der Waals surface area contributed by atoms with E-state index in [0.717, 1.165) is 12.0 Å². The Labute approximate surface area is 187 Å². The Kier molecular flexibility index (Phi) is 7.53. The summed E-state index contributed by atoms with van der Waals surface area (Å²) in [7, 11) is 4.03. The third-order valence-electron chi connectivity index (χ3n) is 5.11. The molecular formula is C23H26Cl2N4O. The third kappa shape index (κ3) is 5.42. The number of rotatable bonds is 8. The molecule has 1 unspecified atom stereocenters. The molecular weight excluding hydrogens is 419 g/mol. The monoisotopic (exact) mass is 444 g/mol. The molecule has 7 heteroatoms. The van der Waals surface area contributed by atoms with Crippen molar-refractivity contribution in [2.75, 3.05) is 20.6 Å². The zero-order valence-corrected chi connectivity index (χ0v) is 18.9. The lowest BCUT2D eigenvalue weighted by Crippen LogP contribution is -2.41. The standard InChI is InChI=1S/C23H26Cl2N4O/c1-16-21(22(25)29(27-16)15-18-11-7-8-12-20(18)24)23(30)26-14-19(28(2)3)13-17-9-5-4-6-10-17/h4-12,19H,13-15H2,1-3H3,(H,26,30). The first-order chi connectivity index (χ1) is 14.4. The average Bonchev–Trinajstić information content (AvgIpc) is 3.00. The van der Waals surface area contributed by atoms with Gasteiger partial charge in [-0.3, -0.25) is 4.79 Å². The van der Waals surface area contributed by atoms with Crippen LogP contribution in [0.15, 0.2) is 54.6 Å². The fraction of sp³-hybridized carbons (Fsp3) is 0.304. The molecule has 0 saturated carbocycles. The Morgan fingerprint density at radius 3 is 2.43 bits per heavy atom. The Hall–Kier alpha value is -2.34. The number of carbonyl (C=O) groups is 1. The van der Waals surface area contributed by atoms with Gasteiger partial charge < -0.3 is 10.2 Å². The second kappa shape index (κ2) is 10.1. The molecule has 0 bridgehead atoms. The molecule has 0 aliphatic rings. The predicted molar refractivity (Wildman–Crippen MR) is 122 cm³/mol. The summed E-state index contributed by atoms with van der Waals surface area (Å²) >= 11 is 12.8. The van der Waals surface area contributed by atoms with Crippen LogP contribution in [-0.2, 0) is 13.0 Å². The maximum absolute atomic E-state index is 12.9. The number of nitrogens with one attached hydrogen (secondary N) is 1. The first-order valence-electron chi connectivity index (χ1n) is 9.81. The van der Waals surface area contributed by atoms with Crippen molar-refractivity contribution in [1.82, 2.24) is 20.0 Å². The molecule has 1 N–H and O–H groups in total. The number of amides is 1. The van der Waals surface area contributed by atoms with Crippen molar-refractivity contribution in [3.63, 3.8) is 0 Å². The van der Waals surface area contributed by atoms with E-state index < -0.39 is 0 Å². The predicted octanol–water partition coefficient (Wildman–Crippen LogP) is 4.45. The highest BCUT2D eigenvalue weighted by molar-refractivity contribution is 6.33. The van der Waals surface area contributed by atoms with E-state index in [0.29, 0.717) is 34.5 Å². The first-order valence-corrected chi connectivity index (χ1v) is 10.6. The molecule has 3 rings (SSSR count). The zero-order chi connectivity index (χ0) is 21.7. The molecule has 5 nitrogen and oxygen atoms in total. The summed E-state index contributed by atoms with van der Waals surface area (Å²) in [6.45, 7) is 2.70. The van der Waals surface area contributed by atoms with E-state index in [9.17, 15) is 4.79 Å². The van der Waals surface area contributed by atoms with Gasteiger partial charge in [0.1, 0.15) is 5.15 Å². The number of nitrogens with zero attached hydrogens (tertiary/aromatic N) is 3. The lowest BCUT2D eigenvalue weighted by Gasteiger charge is -2.24. The first kappa shape index (κ1) is 22.3. The molecule has 1 aromatic heterocycles. The highest BCUT2D eigenvalue weighted by Crippen LogP contribution is 2.23. The minimum atomic E-state index is -0.220. The highest BCUT2D eigenvalue weighted by Gasteiger charge is 2.22. The molecule has 158 valence electrons. The second-order valence-electron chi connectivity index (χ2n) is 7.52. The highest BCUT2D eigenvalue weighted by atomic mass is 35.5. The summed E-state index contributed by atoms with van der Waals surface area (Å²) in [4.78, 5) is 15.0. The van der Waals surface area contributed by atoms with E-state index in [-0.39, 0.29) is 11.9 Å². The SMILES string of the molecule is Cc1nn(Cc2ccccc2Cl)c(Cl)c1C(=O)NCC(Cc1ccccc1)N(C)C. The van der Waals surface area contributed by atoms with E-state index in [2.05, 4.69) is 27.4 Å². The largest absolute Gasteiger partial charge is 0.350 e. The minimum absolute atomic E-state index is 0.161. The lowest BCUT2D eigenvalue weighted by molar-refractivity contribution is 0.0941. The zero-order valence-electron chi connectivity index (χ0n) is 17.4. The van der Waals surface area contributed by atoms with Crippen LogP contribution in [0.1, 0.15) is 27.2 Å². The maximum atomic E-state index is 12.9. The second-order valence-corrected chi connectivity index (χ2v) is 8.28. The molecule has 0 spiro atoms. The number of hydrogen-bond acceptors (Lipinski definition) is 3. The molecule has 30 heavy (non-hydrogen) atoms. The molecule has 0 saturated heterocycles. The van der Waals surface area contributed by atoms with Gasteiger partial charge in [-0.15, -0.1) is 0 Å². The van der Waals surface area contributed by atoms with E-state index in [1.807, 2.05) is 56.6 Å². The summed E-state index contributed by atoms with van der Waals surface area (Å²) in [5.74, 6) is -0.220. The van der Waals surface area contributed by atoms with Crippen molar-refractivity contribution < 1.29 is 4.79 Å². The van der Waals surface area contributed by atoms with Crippen LogP contribution in [0, 0.1) is 6.92 Å². The summed E-state index contributed by atoms with van der Waals surface area (Å²) < 4.78 is 1.61. The van der Waals surface area contributed by atoms with Crippen molar-refractivity contribution >= 4 is 29.1 Å². The van der Waals surface area contributed by atoms with Crippen LogP contribution in [0.2, 0.25) is 10.2 Å². The fourth-order valence-electron chi connectivity index (χ4n) is 3.33. The van der Waals surface area contributed by atoms with Crippen LogP contribution >= 0.6 is 23.2 Å². The smallest absolute Gasteiger partial charge is 0.256 e. The van der Waals surface area contributed by atoms with E-state index in [4.69, 9.17) is 23.2 Å². The van der Waals surface area contributed by atoms with Gasteiger partial charge in [0.05, 0.1) is 17.8 Å². The van der Waals surface area contributed by atoms with Crippen molar-refractivity contribution in [3.05, 3.63) is 87.2 Å². The number of aryl methyl sites for hydroxylation is 1. The molecule has 0 aliphatic heterocycles. The lowest BCUT2D eigenvalue weighted by atomic mass is 10.1. The molecule has 0 aliphatic carbocycles. The number of aromatic nitrogens is 2. The van der Waals surface area contributed by atoms with Crippen LogP contribution in [0.3, 0.4) is 0 Å². The maximum Gasteiger partial charge on any atom is 0.256 e. The van der Waals surface area contributed by atoms with E-state index in [1.54, 1.807) is 11.6 Å². The summed E-state index contributed by atoms with van der Waals surface area (Å²) in [6, 6.07) is 17.9. The van der Waals surface area contributed by atoms with Gasteiger partial charge in [0, 0.05) is 17.6 Å². The molecule has 2 aromatic carbocycles. The summed E-state index contributed by atoms with van der Waals surface area (Å²) in [5, 5.41) is 8.43. The molecule has 0 fully saturated rings. The Balaban J connectivity index is 1.70. The van der Waals surface area contributed by atoms with Crippen LogP contribution in [0.5, 0.6) is 0 Å². The summed E-state index contributed by atoms with van der Waals surface area (Å²) in [6.07, 6.45) is 0.840. The van der Waals surface area contributed by atoms with Gasteiger partial charge in [-0.05, 0) is 44.6 Å². The summed E-state index contributed by atoms with van der Waals surface area (Å²) in [5.41, 5.74) is 3.12. The fourth-order valence-corrected chi connectivity index (χ4v) is 3.84. The average molecular weight is 445 g/mol. The number of hydrogen-bond donors (Lipinski definition) is 1. The number of halogens is 2. The Morgan fingerprint density at radius 2 is 1.77 bits per heavy atom. The molecule has 3 aromatic rings.